The summed E-state index contributed by atoms with van der Waals surface area (Å²) in [5, 5.41) is 0. The van der Waals surface area contributed by atoms with Crippen LogP contribution in [0.1, 0.15) is 58.3 Å². The normalized spacial score (nSPS) is 10.8. The summed E-state index contributed by atoms with van der Waals surface area (Å²) in [5.74, 6) is 0. The zero-order valence-electron chi connectivity index (χ0n) is 8.72. The van der Waals surface area contributed by atoms with Gasteiger partial charge < -0.3 is 0 Å². The van der Waals surface area contributed by atoms with Gasteiger partial charge in [0.25, 0.3) is 0 Å². The number of unbranched alkanes of at least 4 members (excludes halogenated alkanes) is 6. The first-order valence-corrected chi connectivity index (χ1v) is 5.41. The summed E-state index contributed by atoms with van der Waals surface area (Å²) in [6, 6.07) is 0. The Bertz CT molecular complexity index is 127. The predicted octanol–water partition coefficient (Wildman–Crippen LogP) is 3.79. The van der Waals surface area contributed by atoms with Crippen LogP contribution in [0.2, 0.25) is 0 Å². The maximum Gasteiger partial charge on any atom is 0.198 e. The first-order chi connectivity index (χ1) is 6.41. The van der Waals surface area contributed by atoms with Crippen LogP contribution >= 0.6 is 0 Å². The Kier molecular flexibility index (Phi) is 10.9. The van der Waals surface area contributed by atoms with Crippen molar-refractivity contribution in [3.63, 3.8) is 0 Å². The maximum atomic E-state index is 9.87. The molecule has 0 aliphatic rings. The highest BCUT2D eigenvalue weighted by atomic mass is 16.1. The molecule has 0 saturated heterocycles. The van der Waals surface area contributed by atoms with Crippen molar-refractivity contribution in [3.05, 3.63) is 12.2 Å². The van der Waals surface area contributed by atoms with Gasteiger partial charge in [0.15, 0.2) is 6.29 Å². The summed E-state index contributed by atoms with van der Waals surface area (Å²) >= 11 is 0. The molecule has 0 aromatic carbocycles. The maximum absolute atomic E-state index is 9.87. The lowest BCUT2D eigenvalue weighted by atomic mass is 10.1. The molecular formula is C12H21O. The van der Waals surface area contributed by atoms with Gasteiger partial charge in [-0.15, -0.1) is 0 Å². The molecular weight excluding hydrogens is 160 g/mol. The fourth-order valence-corrected chi connectivity index (χ4v) is 1.21. The van der Waals surface area contributed by atoms with Crippen LogP contribution in [0.25, 0.3) is 0 Å². The third-order valence-electron chi connectivity index (χ3n) is 2.04. The fraction of sp³-hybridized carbons (Fsp3) is 0.750. The van der Waals surface area contributed by atoms with E-state index in [0.717, 1.165) is 19.3 Å². The van der Waals surface area contributed by atoms with E-state index in [4.69, 9.17) is 0 Å². The SMILES string of the molecule is CCCCCC=CCCCC[C]=O. The molecule has 1 radical (unpaired) electrons. The lowest BCUT2D eigenvalue weighted by molar-refractivity contribution is 0.547. The zero-order chi connectivity index (χ0) is 9.78. The van der Waals surface area contributed by atoms with E-state index in [1.807, 2.05) is 6.29 Å². The van der Waals surface area contributed by atoms with Gasteiger partial charge in [-0.3, -0.25) is 4.79 Å². The molecule has 0 unspecified atom stereocenters. The number of carbonyl (C=O) groups excluding carboxylic acids is 1. The van der Waals surface area contributed by atoms with Crippen molar-refractivity contribution in [2.45, 2.75) is 58.3 Å². The topological polar surface area (TPSA) is 17.1 Å². The van der Waals surface area contributed by atoms with Crippen LogP contribution in [0.3, 0.4) is 0 Å². The molecule has 0 aliphatic carbocycles. The van der Waals surface area contributed by atoms with Crippen LogP contribution in [-0.4, -0.2) is 6.29 Å². The lowest BCUT2D eigenvalue weighted by Gasteiger charge is -1.92. The summed E-state index contributed by atoms with van der Waals surface area (Å²) in [6.07, 6.45) is 15.4. The van der Waals surface area contributed by atoms with Gasteiger partial charge in [-0.05, 0) is 32.1 Å². The van der Waals surface area contributed by atoms with E-state index >= 15 is 0 Å². The molecule has 0 fully saturated rings. The van der Waals surface area contributed by atoms with E-state index < -0.39 is 0 Å². The Morgan fingerprint density at radius 1 is 1.00 bits per heavy atom. The summed E-state index contributed by atoms with van der Waals surface area (Å²) in [7, 11) is 0. The summed E-state index contributed by atoms with van der Waals surface area (Å²) < 4.78 is 0. The van der Waals surface area contributed by atoms with Crippen molar-refractivity contribution < 1.29 is 4.79 Å². The molecule has 0 amide bonds. The van der Waals surface area contributed by atoms with E-state index in [2.05, 4.69) is 19.1 Å². The first kappa shape index (κ1) is 12.4. The van der Waals surface area contributed by atoms with Crippen molar-refractivity contribution in [2.24, 2.45) is 0 Å². The second kappa shape index (κ2) is 11.4. The molecule has 0 aromatic heterocycles. The molecule has 0 bridgehead atoms. The van der Waals surface area contributed by atoms with Crippen LogP contribution < -0.4 is 0 Å². The number of hydrogen-bond donors (Lipinski definition) is 0. The smallest absolute Gasteiger partial charge is 0.198 e. The van der Waals surface area contributed by atoms with E-state index in [1.165, 1.54) is 25.7 Å². The molecule has 1 heteroatoms. The molecule has 0 aromatic rings. The molecule has 0 rings (SSSR count). The third-order valence-corrected chi connectivity index (χ3v) is 2.04. The van der Waals surface area contributed by atoms with Gasteiger partial charge in [-0.1, -0.05) is 31.9 Å². The average Bonchev–Trinajstić information content (AvgIpc) is 2.16. The van der Waals surface area contributed by atoms with Crippen LogP contribution in [0, 0.1) is 0 Å². The third kappa shape index (κ3) is 11.4. The standard InChI is InChI=1S/C12H21O/c1-2-3-4-5-6-7-8-9-10-11-12-13/h6-7H,2-5,8-11H2,1H3. The average molecular weight is 181 g/mol. The predicted molar refractivity (Wildman–Crippen MR) is 57.4 cm³/mol. The number of allylic oxidation sites excluding steroid dienone is 2. The van der Waals surface area contributed by atoms with Crippen LogP contribution in [0.4, 0.5) is 0 Å². The number of rotatable bonds is 9. The van der Waals surface area contributed by atoms with Crippen molar-refractivity contribution in [1.29, 1.82) is 0 Å². The summed E-state index contributed by atoms with van der Waals surface area (Å²) in [4.78, 5) is 9.87. The zero-order valence-corrected chi connectivity index (χ0v) is 8.72. The quantitative estimate of drug-likeness (QED) is 0.390. The summed E-state index contributed by atoms with van der Waals surface area (Å²) in [5.41, 5.74) is 0. The Morgan fingerprint density at radius 2 is 1.62 bits per heavy atom. The van der Waals surface area contributed by atoms with Gasteiger partial charge in [0.1, 0.15) is 0 Å². The minimum Gasteiger partial charge on any atom is -0.291 e. The highest BCUT2D eigenvalue weighted by Gasteiger charge is 1.85. The van der Waals surface area contributed by atoms with E-state index in [-0.39, 0.29) is 0 Å². The van der Waals surface area contributed by atoms with Gasteiger partial charge >= 0.3 is 0 Å². The fourth-order valence-electron chi connectivity index (χ4n) is 1.21. The van der Waals surface area contributed by atoms with Crippen molar-refractivity contribution in [3.8, 4) is 0 Å². The minimum atomic E-state index is 0.601. The highest BCUT2D eigenvalue weighted by Crippen LogP contribution is 2.02. The molecule has 75 valence electrons. The van der Waals surface area contributed by atoms with E-state index in [9.17, 15) is 4.79 Å². The molecule has 0 N–H and O–H groups in total. The Balaban J connectivity index is 2.98. The van der Waals surface area contributed by atoms with Crippen LogP contribution in [-0.2, 0) is 4.79 Å². The van der Waals surface area contributed by atoms with Gasteiger partial charge in [-0.2, -0.15) is 0 Å². The molecule has 0 spiro atoms. The van der Waals surface area contributed by atoms with E-state index in [0.29, 0.717) is 6.42 Å². The minimum absolute atomic E-state index is 0.601. The molecule has 0 atom stereocenters. The molecule has 0 saturated carbocycles. The molecule has 0 aliphatic heterocycles. The molecule has 1 nitrogen and oxygen atoms in total. The van der Waals surface area contributed by atoms with E-state index in [1.54, 1.807) is 0 Å². The van der Waals surface area contributed by atoms with Gasteiger partial charge in [0.05, 0.1) is 0 Å². The largest absolute Gasteiger partial charge is 0.291 e. The van der Waals surface area contributed by atoms with Gasteiger partial charge in [-0.25, -0.2) is 0 Å². The van der Waals surface area contributed by atoms with Crippen LogP contribution in [0.5, 0.6) is 0 Å². The Morgan fingerprint density at radius 3 is 2.15 bits per heavy atom. The first-order valence-electron chi connectivity index (χ1n) is 5.41. The Hall–Kier alpha value is -0.590. The van der Waals surface area contributed by atoms with Gasteiger partial charge in [0.2, 0.25) is 0 Å². The van der Waals surface area contributed by atoms with Crippen molar-refractivity contribution in [1.82, 2.24) is 0 Å². The van der Waals surface area contributed by atoms with Crippen LogP contribution in [0.15, 0.2) is 12.2 Å². The number of hydrogen-bond acceptors (Lipinski definition) is 1. The summed E-state index contributed by atoms with van der Waals surface area (Å²) in [6.45, 7) is 2.22. The van der Waals surface area contributed by atoms with Gasteiger partial charge in [0, 0.05) is 6.42 Å². The van der Waals surface area contributed by atoms with Crippen molar-refractivity contribution in [2.75, 3.05) is 0 Å². The Labute approximate surface area is 82.2 Å². The molecule has 0 heterocycles. The monoisotopic (exact) mass is 181 g/mol. The molecule has 13 heavy (non-hydrogen) atoms. The van der Waals surface area contributed by atoms with Crippen molar-refractivity contribution >= 4 is 6.29 Å². The second-order valence-corrected chi connectivity index (χ2v) is 3.36. The second-order valence-electron chi connectivity index (χ2n) is 3.36. The lowest BCUT2D eigenvalue weighted by Crippen LogP contribution is -1.76. The highest BCUT2D eigenvalue weighted by molar-refractivity contribution is 5.50.